The lowest BCUT2D eigenvalue weighted by Gasteiger charge is -2.36. The predicted molar refractivity (Wildman–Crippen MR) is 61.6 cm³/mol. The van der Waals surface area contributed by atoms with Gasteiger partial charge in [0.25, 0.3) is 0 Å². The zero-order valence-corrected chi connectivity index (χ0v) is 10.3. The van der Waals surface area contributed by atoms with E-state index >= 15 is 0 Å². The van der Waals surface area contributed by atoms with Crippen molar-refractivity contribution >= 4 is 0 Å². The Labute approximate surface area is 97.6 Å². The summed E-state index contributed by atoms with van der Waals surface area (Å²) in [6, 6.07) is 0.550. The highest BCUT2D eigenvalue weighted by Crippen LogP contribution is 2.23. The highest BCUT2D eigenvalue weighted by Gasteiger charge is 2.29. The molecule has 0 saturated carbocycles. The summed E-state index contributed by atoms with van der Waals surface area (Å²) in [5.41, 5.74) is 0.0137. The topological polar surface area (TPSA) is 39.7 Å². The molecule has 2 heterocycles. The number of hydrogen-bond acceptors (Lipinski definition) is 4. The van der Waals surface area contributed by atoms with Gasteiger partial charge in [0, 0.05) is 19.2 Å². The van der Waals surface area contributed by atoms with E-state index in [2.05, 4.69) is 19.2 Å². The SMILES string of the molecule is CC1(C)CC(NCC2COCCO2)CCO1. The van der Waals surface area contributed by atoms with E-state index < -0.39 is 0 Å². The smallest absolute Gasteiger partial charge is 0.0933 e. The van der Waals surface area contributed by atoms with Gasteiger partial charge in [-0.1, -0.05) is 0 Å². The molecular weight excluding hydrogens is 206 g/mol. The van der Waals surface area contributed by atoms with Gasteiger partial charge in [-0.15, -0.1) is 0 Å². The van der Waals surface area contributed by atoms with Gasteiger partial charge in [0.2, 0.25) is 0 Å². The molecule has 1 N–H and O–H groups in total. The zero-order valence-electron chi connectivity index (χ0n) is 10.3. The molecule has 2 rings (SSSR count). The van der Waals surface area contributed by atoms with Crippen molar-refractivity contribution in [1.82, 2.24) is 5.32 Å². The summed E-state index contributed by atoms with van der Waals surface area (Å²) in [5.74, 6) is 0. The Bertz CT molecular complexity index is 214. The Kier molecular flexibility index (Phi) is 4.19. The van der Waals surface area contributed by atoms with E-state index in [-0.39, 0.29) is 11.7 Å². The summed E-state index contributed by atoms with van der Waals surface area (Å²) in [7, 11) is 0. The average molecular weight is 229 g/mol. The highest BCUT2D eigenvalue weighted by atomic mass is 16.6. The molecule has 94 valence electrons. The molecule has 0 aliphatic carbocycles. The normalized spacial score (nSPS) is 34.9. The second-order valence-electron chi connectivity index (χ2n) is 5.27. The van der Waals surface area contributed by atoms with Crippen LogP contribution in [0.5, 0.6) is 0 Å². The molecule has 16 heavy (non-hydrogen) atoms. The average Bonchev–Trinajstić information content (AvgIpc) is 2.27. The lowest BCUT2D eigenvalue weighted by molar-refractivity contribution is -0.0926. The molecule has 0 spiro atoms. The molecule has 4 nitrogen and oxygen atoms in total. The number of nitrogens with one attached hydrogen (secondary N) is 1. The predicted octanol–water partition coefficient (Wildman–Crippen LogP) is 0.949. The van der Waals surface area contributed by atoms with E-state index in [1.54, 1.807) is 0 Å². The molecule has 2 aliphatic heterocycles. The highest BCUT2D eigenvalue weighted by molar-refractivity contribution is 4.83. The van der Waals surface area contributed by atoms with E-state index in [4.69, 9.17) is 14.2 Å². The fraction of sp³-hybridized carbons (Fsp3) is 1.00. The van der Waals surface area contributed by atoms with Gasteiger partial charge in [-0.25, -0.2) is 0 Å². The second kappa shape index (κ2) is 5.45. The molecular formula is C12H23NO3. The molecule has 0 bridgehead atoms. The molecule has 0 amide bonds. The second-order valence-corrected chi connectivity index (χ2v) is 5.27. The van der Waals surface area contributed by atoms with Crippen molar-refractivity contribution in [2.75, 3.05) is 33.0 Å². The monoisotopic (exact) mass is 229 g/mol. The lowest BCUT2D eigenvalue weighted by atomic mass is 9.94. The molecule has 4 heteroatoms. The first-order valence-corrected chi connectivity index (χ1v) is 6.22. The van der Waals surface area contributed by atoms with Gasteiger partial charge < -0.3 is 19.5 Å². The molecule has 2 fully saturated rings. The standard InChI is InChI=1S/C12H23NO3/c1-12(2)7-10(3-4-16-12)13-8-11-9-14-5-6-15-11/h10-11,13H,3-9H2,1-2H3. The van der Waals surface area contributed by atoms with Gasteiger partial charge in [0.05, 0.1) is 31.5 Å². The van der Waals surface area contributed by atoms with Crippen LogP contribution in [-0.2, 0) is 14.2 Å². The minimum absolute atomic E-state index is 0.0137. The van der Waals surface area contributed by atoms with Crippen molar-refractivity contribution < 1.29 is 14.2 Å². The number of hydrogen-bond donors (Lipinski definition) is 1. The maximum Gasteiger partial charge on any atom is 0.0933 e. The lowest BCUT2D eigenvalue weighted by Crippen LogP contribution is -2.47. The maximum absolute atomic E-state index is 5.69. The third-order valence-corrected chi connectivity index (χ3v) is 3.22. The Morgan fingerprint density at radius 2 is 2.12 bits per heavy atom. The van der Waals surface area contributed by atoms with E-state index in [0.717, 1.165) is 45.8 Å². The molecule has 2 aliphatic rings. The van der Waals surface area contributed by atoms with Crippen LogP contribution in [0.4, 0.5) is 0 Å². The van der Waals surface area contributed by atoms with Crippen LogP contribution in [-0.4, -0.2) is 50.7 Å². The molecule has 2 saturated heterocycles. The van der Waals surface area contributed by atoms with Gasteiger partial charge in [-0.05, 0) is 26.7 Å². The van der Waals surface area contributed by atoms with E-state index in [1.807, 2.05) is 0 Å². The van der Waals surface area contributed by atoms with Crippen LogP contribution >= 0.6 is 0 Å². The molecule has 0 aromatic rings. The first-order valence-electron chi connectivity index (χ1n) is 6.22. The third kappa shape index (κ3) is 3.70. The Balaban J connectivity index is 1.68. The Morgan fingerprint density at radius 1 is 1.25 bits per heavy atom. The summed E-state index contributed by atoms with van der Waals surface area (Å²) < 4.78 is 16.7. The quantitative estimate of drug-likeness (QED) is 0.782. The largest absolute Gasteiger partial charge is 0.376 e. The fourth-order valence-electron chi connectivity index (χ4n) is 2.36. The van der Waals surface area contributed by atoms with Gasteiger partial charge in [0.1, 0.15) is 0 Å². The molecule has 0 aromatic heterocycles. The van der Waals surface area contributed by atoms with Crippen LogP contribution in [0.2, 0.25) is 0 Å². The minimum Gasteiger partial charge on any atom is -0.376 e. The summed E-state index contributed by atoms with van der Waals surface area (Å²) >= 11 is 0. The summed E-state index contributed by atoms with van der Waals surface area (Å²) in [6.45, 7) is 8.24. The van der Waals surface area contributed by atoms with E-state index in [9.17, 15) is 0 Å². The molecule has 0 radical (unpaired) electrons. The van der Waals surface area contributed by atoms with Crippen molar-refractivity contribution in [3.63, 3.8) is 0 Å². The summed E-state index contributed by atoms with van der Waals surface area (Å²) in [5, 5.41) is 3.56. The van der Waals surface area contributed by atoms with Gasteiger partial charge in [-0.3, -0.25) is 0 Å². The first kappa shape index (κ1) is 12.3. The first-order chi connectivity index (χ1) is 7.66. The number of rotatable bonds is 3. The summed E-state index contributed by atoms with van der Waals surface area (Å²) in [4.78, 5) is 0. The van der Waals surface area contributed by atoms with E-state index in [1.165, 1.54) is 0 Å². The van der Waals surface area contributed by atoms with Crippen molar-refractivity contribution in [3.8, 4) is 0 Å². The Hall–Kier alpha value is -0.160. The van der Waals surface area contributed by atoms with E-state index in [0.29, 0.717) is 6.04 Å². The van der Waals surface area contributed by atoms with Crippen molar-refractivity contribution in [2.45, 2.75) is 44.4 Å². The molecule has 0 aromatic carbocycles. The fourth-order valence-corrected chi connectivity index (χ4v) is 2.36. The van der Waals surface area contributed by atoms with Crippen LogP contribution in [0.3, 0.4) is 0 Å². The number of ether oxygens (including phenoxy) is 3. The zero-order chi connectivity index (χ0) is 11.4. The van der Waals surface area contributed by atoms with Gasteiger partial charge >= 0.3 is 0 Å². The van der Waals surface area contributed by atoms with Crippen LogP contribution in [0.1, 0.15) is 26.7 Å². The molecule has 2 unspecified atom stereocenters. The van der Waals surface area contributed by atoms with Crippen molar-refractivity contribution in [1.29, 1.82) is 0 Å². The summed E-state index contributed by atoms with van der Waals surface area (Å²) in [6.07, 6.45) is 2.39. The Morgan fingerprint density at radius 3 is 2.81 bits per heavy atom. The van der Waals surface area contributed by atoms with Crippen molar-refractivity contribution in [2.24, 2.45) is 0 Å². The maximum atomic E-state index is 5.69. The van der Waals surface area contributed by atoms with Gasteiger partial charge in [0.15, 0.2) is 0 Å². The van der Waals surface area contributed by atoms with Crippen LogP contribution in [0, 0.1) is 0 Å². The van der Waals surface area contributed by atoms with Crippen LogP contribution in [0.25, 0.3) is 0 Å². The third-order valence-electron chi connectivity index (χ3n) is 3.22. The van der Waals surface area contributed by atoms with Crippen molar-refractivity contribution in [3.05, 3.63) is 0 Å². The minimum atomic E-state index is 0.0137. The molecule has 2 atom stereocenters. The van der Waals surface area contributed by atoms with Gasteiger partial charge in [-0.2, -0.15) is 0 Å². The van der Waals surface area contributed by atoms with Crippen LogP contribution < -0.4 is 5.32 Å². The van der Waals surface area contributed by atoms with Crippen LogP contribution in [0.15, 0.2) is 0 Å².